The minimum absolute atomic E-state index is 0.229. The number of amides is 1. The second kappa shape index (κ2) is 11.9. The van der Waals surface area contributed by atoms with Gasteiger partial charge in [-0.25, -0.2) is 4.99 Å². The fraction of sp³-hybridized carbons (Fsp3) is 0.667. The molecule has 0 aromatic heterocycles. The molecule has 2 N–H and O–H groups in total. The molecule has 1 aliphatic rings. The van der Waals surface area contributed by atoms with Crippen molar-refractivity contribution in [2.24, 2.45) is 10.4 Å². The Balaban J connectivity index is 1.99. The molecule has 30 heavy (non-hydrogen) atoms. The number of carbonyl (C=O) groups excluding carboxylic acids is 1. The summed E-state index contributed by atoms with van der Waals surface area (Å²) in [6, 6.07) is 8.74. The molecule has 1 saturated carbocycles. The molecule has 6 nitrogen and oxygen atoms in total. The first-order chi connectivity index (χ1) is 14.4. The number of hydrogen-bond acceptors (Lipinski definition) is 3. The van der Waals surface area contributed by atoms with Crippen LogP contribution in [-0.4, -0.2) is 61.9 Å². The van der Waals surface area contributed by atoms with Gasteiger partial charge in [0.05, 0.1) is 12.0 Å². The molecule has 1 amide bonds. The molecule has 0 spiro atoms. The van der Waals surface area contributed by atoms with E-state index in [1.165, 1.54) is 11.1 Å². The lowest BCUT2D eigenvalue weighted by molar-refractivity contribution is -0.138. The first-order valence-corrected chi connectivity index (χ1v) is 11.5. The quantitative estimate of drug-likeness (QED) is 0.455. The standard InChI is InChI=1S/C24H41N5O/c1-6-25-23(27-19-24(15-9-10-16-24)22(30)28(4)5)26-17-20-11-13-21(14-12-20)18-29(7-2)8-3/h11-14H,6-10,15-19H2,1-5H3,(H2,25,26,27). The van der Waals surface area contributed by atoms with Crippen LogP contribution in [0.25, 0.3) is 0 Å². The highest BCUT2D eigenvalue weighted by molar-refractivity contribution is 5.85. The largest absolute Gasteiger partial charge is 0.357 e. The molecule has 0 heterocycles. The lowest BCUT2D eigenvalue weighted by Gasteiger charge is -2.31. The Bertz CT molecular complexity index is 673. The first-order valence-electron chi connectivity index (χ1n) is 11.5. The maximum absolute atomic E-state index is 12.8. The number of rotatable bonds is 10. The Morgan fingerprint density at radius 1 is 1.00 bits per heavy atom. The van der Waals surface area contributed by atoms with Gasteiger partial charge in [0.15, 0.2) is 5.96 Å². The van der Waals surface area contributed by atoms with E-state index in [-0.39, 0.29) is 11.3 Å². The van der Waals surface area contributed by atoms with Crippen molar-refractivity contribution in [1.82, 2.24) is 20.4 Å². The van der Waals surface area contributed by atoms with Crippen LogP contribution in [0.4, 0.5) is 0 Å². The summed E-state index contributed by atoms with van der Waals surface area (Å²) in [4.78, 5) is 21.7. The molecule has 0 aliphatic heterocycles. The van der Waals surface area contributed by atoms with E-state index in [0.29, 0.717) is 13.1 Å². The predicted octanol–water partition coefficient (Wildman–Crippen LogP) is 3.23. The lowest BCUT2D eigenvalue weighted by Crippen LogP contribution is -2.49. The fourth-order valence-electron chi connectivity index (χ4n) is 4.21. The van der Waals surface area contributed by atoms with Crippen molar-refractivity contribution in [3.8, 4) is 0 Å². The van der Waals surface area contributed by atoms with Crippen molar-refractivity contribution < 1.29 is 4.79 Å². The van der Waals surface area contributed by atoms with Gasteiger partial charge in [-0.1, -0.05) is 51.0 Å². The third-order valence-electron chi connectivity index (χ3n) is 6.10. The predicted molar refractivity (Wildman–Crippen MR) is 125 cm³/mol. The molecule has 0 unspecified atom stereocenters. The van der Waals surface area contributed by atoms with Gasteiger partial charge in [-0.15, -0.1) is 0 Å². The van der Waals surface area contributed by atoms with Crippen molar-refractivity contribution in [2.75, 3.05) is 40.3 Å². The van der Waals surface area contributed by atoms with Gasteiger partial charge in [-0.2, -0.15) is 0 Å². The number of carbonyl (C=O) groups is 1. The highest BCUT2D eigenvalue weighted by Crippen LogP contribution is 2.38. The zero-order valence-corrected chi connectivity index (χ0v) is 19.6. The van der Waals surface area contributed by atoms with E-state index in [1.807, 2.05) is 14.1 Å². The van der Waals surface area contributed by atoms with Crippen molar-refractivity contribution in [1.29, 1.82) is 0 Å². The first kappa shape index (κ1) is 24.2. The minimum Gasteiger partial charge on any atom is -0.357 e. The highest BCUT2D eigenvalue weighted by Gasteiger charge is 2.42. The molecule has 1 fully saturated rings. The van der Waals surface area contributed by atoms with Crippen LogP contribution in [0.3, 0.4) is 0 Å². The third-order valence-corrected chi connectivity index (χ3v) is 6.10. The van der Waals surface area contributed by atoms with E-state index in [9.17, 15) is 4.79 Å². The number of benzene rings is 1. The molecule has 0 bridgehead atoms. The normalized spacial score (nSPS) is 16.0. The van der Waals surface area contributed by atoms with Crippen LogP contribution in [0.1, 0.15) is 57.6 Å². The Hall–Kier alpha value is -2.08. The second-order valence-corrected chi connectivity index (χ2v) is 8.51. The van der Waals surface area contributed by atoms with Crippen LogP contribution in [0.2, 0.25) is 0 Å². The van der Waals surface area contributed by atoms with E-state index >= 15 is 0 Å². The maximum Gasteiger partial charge on any atom is 0.230 e. The van der Waals surface area contributed by atoms with Gasteiger partial charge in [0.1, 0.15) is 0 Å². The van der Waals surface area contributed by atoms with Crippen LogP contribution in [0.5, 0.6) is 0 Å². The molecule has 6 heteroatoms. The summed E-state index contributed by atoms with van der Waals surface area (Å²) in [5.74, 6) is 1.01. The Kier molecular flexibility index (Phi) is 9.63. The number of aliphatic imine (C=N–C) groups is 1. The van der Waals surface area contributed by atoms with Gasteiger partial charge in [-0.3, -0.25) is 9.69 Å². The summed E-state index contributed by atoms with van der Waals surface area (Å²) in [5, 5.41) is 6.77. The summed E-state index contributed by atoms with van der Waals surface area (Å²) in [5.41, 5.74) is 2.23. The molecular formula is C24H41N5O. The Morgan fingerprint density at radius 2 is 1.60 bits per heavy atom. The number of nitrogens with zero attached hydrogens (tertiary/aromatic N) is 3. The topological polar surface area (TPSA) is 60.0 Å². The summed E-state index contributed by atoms with van der Waals surface area (Å²) in [6.45, 7) is 11.6. The molecule has 1 aliphatic carbocycles. The summed E-state index contributed by atoms with van der Waals surface area (Å²) in [7, 11) is 3.71. The van der Waals surface area contributed by atoms with Gasteiger partial charge in [0, 0.05) is 33.7 Å². The van der Waals surface area contributed by atoms with Crippen molar-refractivity contribution >= 4 is 11.9 Å². The van der Waals surface area contributed by atoms with E-state index in [4.69, 9.17) is 4.99 Å². The molecule has 168 valence electrons. The minimum atomic E-state index is -0.300. The van der Waals surface area contributed by atoms with Crippen molar-refractivity contribution in [2.45, 2.75) is 59.5 Å². The van der Waals surface area contributed by atoms with Gasteiger partial charge >= 0.3 is 0 Å². The van der Waals surface area contributed by atoms with Crippen LogP contribution in [0.15, 0.2) is 29.3 Å². The molecule has 0 radical (unpaired) electrons. The summed E-state index contributed by atoms with van der Waals surface area (Å²) < 4.78 is 0. The molecule has 1 aromatic carbocycles. The van der Waals surface area contributed by atoms with Crippen molar-refractivity contribution in [3.63, 3.8) is 0 Å². The molecule has 0 saturated heterocycles. The number of nitrogens with one attached hydrogen (secondary N) is 2. The lowest BCUT2D eigenvalue weighted by atomic mass is 9.84. The maximum atomic E-state index is 12.8. The van der Waals surface area contributed by atoms with E-state index < -0.39 is 0 Å². The van der Waals surface area contributed by atoms with Gasteiger partial charge in [0.2, 0.25) is 5.91 Å². The van der Waals surface area contributed by atoms with Crippen LogP contribution < -0.4 is 10.6 Å². The SMILES string of the molecule is CCNC(=NCc1ccc(CN(CC)CC)cc1)NCC1(C(=O)N(C)C)CCCC1. The zero-order valence-electron chi connectivity index (χ0n) is 19.6. The zero-order chi connectivity index (χ0) is 22.0. The Morgan fingerprint density at radius 3 is 2.13 bits per heavy atom. The second-order valence-electron chi connectivity index (χ2n) is 8.51. The molecule has 1 aromatic rings. The third kappa shape index (κ3) is 6.73. The van der Waals surface area contributed by atoms with Gasteiger partial charge in [-0.05, 0) is 44.0 Å². The average molecular weight is 416 g/mol. The van der Waals surface area contributed by atoms with Crippen LogP contribution >= 0.6 is 0 Å². The molecule has 0 atom stereocenters. The number of hydrogen-bond donors (Lipinski definition) is 2. The van der Waals surface area contributed by atoms with Crippen LogP contribution in [0, 0.1) is 5.41 Å². The van der Waals surface area contributed by atoms with Gasteiger partial charge < -0.3 is 15.5 Å². The Labute approximate surface area is 183 Å². The van der Waals surface area contributed by atoms with E-state index in [2.05, 4.69) is 60.6 Å². The smallest absolute Gasteiger partial charge is 0.230 e. The highest BCUT2D eigenvalue weighted by atomic mass is 16.2. The summed E-state index contributed by atoms with van der Waals surface area (Å²) >= 11 is 0. The monoisotopic (exact) mass is 415 g/mol. The van der Waals surface area contributed by atoms with E-state index in [0.717, 1.165) is 57.8 Å². The fourth-order valence-corrected chi connectivity index (χ4v) is 4.21. The molecular weight excluding hydrogens is 374 g/mol. The number of guanidine groups is 1. The van der Waals surface area contributed by atoms with Crippen LogP contribution in [-0.2, 0) is 17.9 Å². The van der Waals surface area contributed by atoms with Crippen molar-refractivity contribution in [3.05, 3.63) is 35.4 Å². The average Bonchev–Trinajstić information content (AvgIpc) is 3.24. The summed E-state index contributed by atoms with van der Waals surface area (Å²) in [6.07, 6.45) is 4.14. The molecule has 2 rings (SSSR count). The van der Waals surface area contributed by atoms with Gasteiger partial charge in [0.25, 0.3) is 0 Å². The van der Waals surface area contributed by atoms with E-state index in [1.54, 1.807) is 4.90 Å².